The van der Waals surface area contributed by atoms with Gasteiger partial charge in [0.25, 0.3) is 11.8 Å². The van der Waals surface area contributed by atoms with Gasteiger partial charge in [0.2, 0.25) is 0 Å². The van der Waals surface area contributed by atoms with E-state index in [0.29, 0.717) is 33.9 Å². The van der Waals surface area contributed by atoms with Crippen molar-refractivity contribution in [2.45, 2.75) is 39.7 Å². The third kappa shape index (κ3) is 5.88. The number of aromatic nitrogens is 2. The highest BCUT2D eigenvalue weighted by molar-refractivity contribution is 6.32. The molecular formula is C36H32ClN3O4. The number of carbonyl (C=O) groups excluding carboxylic acids is 3. The van der Waals surface area contributed by atoms with Gasteiger partial charge in [-0.2, -0.15) is 0 Å². The Morgan fingerprint density at radius 3 is 2.27 bits per heavy atom. The van der Waals surface area contributed by atoms with E-state index in [-0.39, 0.29) is 42.6 Å². The number of benzene rings is 3. The number of amides is 2. The molecule has 222 valence electrons. The first kappa shape index (κ1) is 29.3. The Labute approximate surface area is 261 Å². The predicted molar refractivity (Wildman–Crippen MR) is 171 cm³/mol. The van der Waals surface area contributed by atoms with Gasteiger partial charge in [0, 0.05) is 36.5 Å². The van der Waals surface area contributed by atoms with Crippen LogP contribution < -0.4 is 4.74 Å². The summed E-state index contributed by atoms with van der Waals surface area (Å²) in [6.07, 6.45) is 4.55. The molecule has 0 radical (unpaired) electrons. The predicted octanol–water partition coefficient (Wildman–Crippen LogP) is 7.48. The number of halogens is 1. The molecule has 0 N–H and O–H groups in total. The second-order valence-electron chi connectivity index (χ2n) is 11.5. The number of carbonyl (C=O) groups is 3. The Bertz CT molecular complexity index is 1860. The Hall–Kier alpha value is -4.75. The van der Waals surface area contributed by atoms with Gasteiger partial charge >= 0.3 is 0 Å². The topological polar surface area (TPSA) is 81.0 Å². The minimum atomic E-state index is -0.334. The van der Waals surface area contributed by atoms with Gasteiger partial charge in [-0.1, -0.05) is 54.1 Å². The summed E-state index contributed by atoms with van der Waals surface area (Å²) in [5.41, 5.74) is 6.07. The normalized spacial score (nSPS) is 13.5. The molecule has 0 fully saturated rings. The van der Waals surface area contributed by atoms with E-state index < -0.39 is 0 Å². The zero-order valence-corrected chi connectivity index (χ0v) is 25.5. The summed E-state index contributed by atoms with van der Waals surface area (Å²) in [5, 5.41) is 0.360. The molecule has 0 spiro atoms. The molecule has 1 aliphatic rings. The molecule has 0 aliphatic carbocycles. The smallest absolute Gasteiger partial charge is 0.261 e. The maximum absolute atomic E-state index is 13.5. The van der Waals surface area contributed by atoms with Crippen LogP contribution in [0.5, 0.6) is 5.75 Å². The van der Waals surface area contributed by atoms with Crippen LogP contribution in [0.4, 0.5) is 0 Å². The number of rotatable bonds is 10. The number of nitrogens with zero attached hydrogens (tertiary/aromatic N) is 3. The Kier molecular flexibility index (Phi) is 8.06. The lowest BCUT2D eigenvalue weighted by Gasteiger charge is -2.23. The minimum Gasteiger partial charge on any atom is -0.489 e. The van der Waals surface area contributed by atoms with E-state index >= 15 is 0 Å². The number of hydrogen-bond acceptors (Lipinski definition) is 5. The van der Waals surface area contributed by atoms with E-state index in [4.69, 9.17) is 21.3 Å². The van der Waals surface area contributed by atoms with Crippen molar-refractivity contribution in [1.29, 1.82) is 0 Å². The molecule has 6 rings (SSSR count). The van der Waals surface area contributed by atoms with E-state index in [0.717, 1.165) is 28.0 Å². The van der Waals surface area contributed by atoms with Crippen molar-refractivity contribution >= 4 is 34.8 Å². The van der Waals surface area contributed by atoms with Crippen LogP contribution in [0.15, 0.2) is 91.3 Å². The van der Waals surface area contributed by atoms with Crippen LogP contribution in [-0.2, 0) is 6.42 Å². The number of ketones is 1. The van der Waals surface area contributed by atoms with Crippen LogP contribution in [0.2, 0.25) is 5.02 Å². The van der Waals surface area contributed by atoms with Gasteiger partial charge in [-0.3, -0.25) is 19.3 Å². The molecule has 7 nitrogen and oxygen atoms in total. The van der Waals surface area contributed by atoms with Crippen molar-refractivity contribution in [2.75, 3.05) is 6.54 Å². The van der Waals surface area contributed by atoms with Gasteiger partial charge in [0.15, 0.2) is 5.78 Å². The number of aryl methyl sites for hydroxylation is 1. The lowest BCUT2D eigenvalue weighted by atomic mass is 9.91. The first-order chi connectivity index (χ1) is 21.2. The van der Waals surface area contributed by atoms with Crippen LogP contribution in [0, 0.1) is 12.8 Å². The van der Waals surface area contributed by atoms with Crippen molar-refractivity contribution in [3.63, 3.8) is 0 Å². The first-order valence-corrected chi connectivity index (χ1v) is 15.0. The summed E-state index contributed by atoms with van der Waals surface area (Å²) >= 11 is 6.43. The van der Waals surface area contributed by atoms with Gasteiger partial charge in [-0.15, -0.1) is 0 Å². The summed E-state index contributed by atoms with van der Waals surface area (Å²) in [6.45, 7) is 5.97. The second-order valence-corrected chi connectivity index (χ2v) is 11.9. The van der Waals surface area contributed by atoms with Gasteiger partial charge in [-0.25, -0.2) is 4.98 Å². The van der Waals surface area contributed by atoms with Crippen molar-refractivity contribution in [3.05, 3.63) is 124 Å². The second kappa shape index (κ2) is 12.1. The zero-order valence-electron chi connectivity index (χ0n) is 24.8. The number of fused-ring (bicyclic) bond motifs is 2. The van der Waals surface area contributed by atoms with Crippen LogP contribution >= 0.6 is 11.6 Å². The molecular weight excluding hydrogens is 574 g/mol. The van der Waals surface area contributed by atoms with E-state index in [1.807, 2.05) is 74.0 Å². The molecule has 0 saturated carbocycles. The van der Waals surface area contributed by atoms with Gasteiger partial charge in [0.05, 0.1) is 27.9 Å². The average molecular weight is 606 g/mol. The summed E-state index contributed by atoms with van der Waals surface area (Å²) in [7, 11) is 0. The molecule has 1 atom stereocenters. The number of imide groups is 1. The van der Waals surface area contributed by atoms with Crippen molar-refractivity contribution in [3.8, 4) is 17.0 Å². The molecule has 0 saturated heterocycles. The standard InChI is InChI=1S/C36H32ClN3O4/c1-22(2)44-33-15-14-27(19-30(33)37)32(41)18-25(20-40-35(42)28-8-4-5-9-29(28)36(40)43)17-24-10-12-26(13-11-24)31-21-39-16-6-7-23(3)34(39)38-31/h4-16,19,21-22,25H,17-18,20H2,1-3H3/t25-/m1/s1. The fourth-order valence-corrected chi connectivity index (χ4v) is 5.93. The van der Waals surface area contributed by atoms with Crippen LogP contribution in [0.3, 0.4) is 0 Å². The minimum absolute atomic E-state index is 0.0544. The number of hydrogen-bond donors (Lipinski definition) is 0. The van der Waals surface area contributed by atoms with E-state index in [2.05, 4.69) is 0 Å². The molecule has 0 bridgehead atoms. The SMILES string of the molecule is Cc1cccn2cc(-c3ccc(C[C@H](CC(=O)c4ccc(OC(C)C)c(Cl)c4)CN4C(=O)c5ccccc5C4=O)cc3)nc12. The molecule has 3 aromatic carbocycles. The molecule has 2 aromatic heterocycles. The lowest BCUT2D eigenvalue weighted by molar-refractivity contribution is 0.0617. The van der Waals surface area contributed by atoms with Gasteiger partial charge < -0.3 is 9.14 Å². The quantitative estimate of drug-likeness (QED) is 0.122. The molecule has 8 heteroatoms. The highest BCUT2D eigenvalue weighted by Gasteiger charge is 2.36. The maximum Gasteiger partial charge on any atom is 0.261 e. The summed E-state index contributed by atoms with van der Waals surface area (Å²) in [5.74, 6) is -0.598. The molecule has 5 aromatic rings. The summed E-state index contributed by atoms with van der Waals surface area (Å²) in [4.78, 5) is 46.0. The molecule has 2 amide bonds. The third-order valence-corrected chi connectivity index (χ3v) is 8.16. The fourth-order valence-electron chi connectivity index (χ4n) is 5.71. The first-order valence-electron chi connectivity index (χ1n) is 14.7. The van der Waals surface area contributed by atoms with Crippen molar-refractivity contribution in [2.24, 2.45) is 5.92 Å². The highest BCUT2D eigenvalue weighted by Crippen LogP contribution is 2.30. The summed E-state index contributed by atoms with van der Waals surface area (Å²) in [6, 6.07) is 23.9. The Balaban J connectivity index is 1.24. The van der Waals surface area contributed by atoms with Crippen molar-refractivity contribution < 1.29 is 19.1 Å². The molecule has 1 aliphatic heterocycles. The van der Waals surface area contributed by atoms with Crippen molar-refractivity contribution in [1.82, 2.24) is 14.3 Å². The maximum atomic E-state index is 13.5. The molecule has 44 heavy (non-hydrogen) atoms. The Morgan fingerprint density at radius 1 is 0.932 bits per heavy atom. The number of imidazole rings is 1. The monoisotopic (exact) mass is 605 g/mol. The molecule has 3 heterocycles. The van der Waals surface area contributed by atoms with E-state index in [1.54, 1.807) is 42.5 Å². The number of Topliss-reactive ketones (excluding diaryl/α,β-unsaturated/α-hetero) is 1. The van der Waals surface area contributed by atoms with E-state index in [9.17, 15) is 14.4 Å². The third-order valence-electron chi connectivity index (χ3n) is 7.86. The average Bonchev–Trinajstić information content (AvgIpc) is 3.55. The zero-order chi connectivity index (χ0) is 31.0. The Morgan fingerprint density at radius 2 is 1.64 bits per heavy atom. The highest BCUT2D eigenvalue weighted by atomic mass is 35.5. The van der Waals surface area contributed by atoms with Crippen LogP contribution in [-0.4, -0.2) is 44.5 Å². The fraction of sp³-hybridized carbons (Fsp3) is 0.222. The lowest BCUT2D eigenvalue weighted by Crippen LogP contribution is -2.36. The van der Waals surface area contributed by atoms with Gasteiger partial charge in [-0.05, 0) is 80.6 Å². The van der Waals surface area contributed by atoms with E-state index in [1.165, 1.54) is 4.90 Å². The van der Waals surface area contributed by atoms with Crippen LogP contribution in [0.25, 0.3) is 16.9 Å². The number of ether oxygens (including phenoxy) is 1. The van der Waals surface area contributed by atoms with Gasteiger partial charge in [0.1, 0.15) is 11.4 Å². The molecule has 0 unspecified atom stereocenters. The van der Waals surface area contributed by atoms with Crippen LogP contribution in [0.1, 0.15) is 62.5 Å². The number of pyridine rings is 1. The summed E-state index contributed by atoms with van der Waals surface area (Å²) < 4.78 is 7.73. The largest absolute Gasteiger partial charge is 0.489 e.